The maximum Gasteiger partial charge on any atom is 0.366 e. The molecular weight excluding hydrogens is 370 g/mol. The standard InChI is InChI=1S/C22H23N3O4/c1-4-24(5-2)19(26)14-25-18-13-9-8-12-17(18)20(21(25)27)23-29-22(28)16-11-7-6-10-15(16)3/h6-13H,4-5,14H2,1-3H3/b23-20-. The molecule has 0 N–H and O–H groups in total. The molecule has 1 heterocycles. The number of likely N-dealkylation sites (N-methyl/N-ethyl adjacent to an activating group) is 1. The summed E-state index contributed by atoms with van der Waals surface area (Å²) in [6, 6.07) is 14.0. The fourth-order valence-electron chi connectivity index (χ4n) is 3.26. The lowest BCUT2D eigenvalue weighted by Crippen LogP contribution is -2.42. The summed E-state index contributed by atoms with van der Waals surface area (Å²) in [5.41, 5.74) is 2.24. The van der Waals surface area contributed by atoms with Crippen LogP contribution in [0.1, 0.15) is 35.3 Å². The predicted octanol–water partition coefficient (Wildman–Crippen LogP) is 2.77. The van der Waals surface area contributed by atoms with Crippen LogP contribution in [-0.2, 0) is 14.4 Å². The monoisotopic (exact) mass is 393 g/mol. The number of carbonyl (C=O) groups excluding carboxylic acids is 3. The van der Waals surface area contributed by atoms with Crippen molar-refractivity contribution in [2.45, 2.75) is 20.8 Å². The maximum absolute atomic E-state index is 12.9. The number of hydrogen-bond acceptors (Lipinski definition) is 5. The van der Waals surface area contributed by atoms with Crippen molar-refractivity contribution in [2.24, 2.45) is 5.16 Å². The first-order valence-corrected chi connectivity index (χ1v) is 9.51. The Hall–Kier alpha value is -3.48. The molecule has 0 aliphatic carbocycles. The van der Waals surface area contributed by atoms with Gasteiger partial charge in [0.15, 0.2) is 5.71 Å². The second-order valence-corrected chi connectivity index (χ2v) is 6.61. The van der Waals surface area contributed by atoms with E-state index in [2.05, 4.69) is 5.16 Å². The topological polar surface area (TPSA) is 79.3 Å². The quantitative estimate of drug-likeness (QED) is 0.558. The van der Waals surface area contributed by atoms with E-state index in [9.17, 15) is 14.4 Å². The van der Waals surface area contributed by atoms with E-state index in [1.54, 1.807) is 54.3 Å². The van der Waals surface area contributed by atoms with Crippen LogP contribution in [0.2, 0.25) is 0 Å². The molecule has 3 rings (SSSR count). The van der Waals surface area contributed by atoms with Crippen LogP contribution < -0.4 is 4.90 Å². The van der Waals surface area contributed by atoms with Gasteiger partial charge in [-0.3, -0.25) is 14.5 Å². The minimum absolute atomic E-state index is 0.00915. The maximum atomic E-state index is 12.9. The van der Waals surface area contributed by atoms with Gasteiger partial charge in [-0.25, -0.2) is 4.79 Å². The van der Waals surface area contributed by atoms with E-state index in [0.29, 0.717) is 29.9 Å². The molecule has 2 amide bonds. The number of amides is 2. The van der Waals surface area contributed by atoms with E-state index in [1.165, 1.54) is 4.90 Å². The van der Waals surface area contributed by atoms with Gasteiger partial charge in [-0.2, -0.15) is 0 Å². The van der Waals surface area contributed by atoms with Crippen molar-refractivity contribution < 1.29 is 19.2 Å². The summed E-state index contributed by atoms with van der Waals surface area (Å²) in [6.45, 7) is 6.60. The molecule has 0 saturated heterocycles. The summed E-state index contributed by atoms with van der Waals surface area (Å²) in [5, 5.41) is 3.86. The van der Waals surface area contributed by atoms with Crippen molar-refractivity contribution in [1.29, 1.82) is 0 Å². The summed E-state index contributed by atoms with van der Waals surface area (Å²) in [6.07, 6.45) is 0. The number of para-hydroxylation sites is 1. The van der Waals surface area contributed by atoms with Crippen LogP contribution in [0.15, 0.2) is 53.7 Å². The zero-order valence-electron chi connectivity index (χ0n) is 16.7. The molecule has 0 fully saturated rings. The zero-order chi connectivity index (χ0) is 21.0. The number of hydrogen-bond donors (Lipinski definition) is 0. The highest BCUT2D eigenvalue weighted by Gasteiger charge is 2.36. The number of oxime groups is 1. The molecule has 7 nitrogen and oxygen atoms in total. The lowest BCUT2D eigenvalue weighted by Gasteiger charge is -2.23. The summed E-state index contributed by atoms with van der Waals surface area (Å²) in [5.74, 6) is -1.26. The van der Waals surface area contributed by atoms with Crippen LogP contribution >= 0.6 is 0 Å². The molecule has 0 saturated carbocycles. The Kier molecular flexibility index (Phi) is 6.07. The van der Waals surface area contributed by atoms with Crippen molar-refractivity contribution in [3.63, 3.8) is 0 Å². The molecule has 0 bridgehead atoms. The molecule has 7 heteroatoms. The van der Waals surface area contributed by atoms with E-state index in [4.69, 9.17) is 4.84 Å². The van der Waals surface area contributed by atoms with Crippen molar-refractivity contribution in [3.8, 4) is 0 Å². The van der Waals surface area contributed by atoms with E-state index in [-0.39, 0.29) is 18.2 Å². The number of nitrogens with zero attached hydrogens (tertiary/aromatic N) is 3. The highest BCUT2D eigenvalue weighted by molar-refractivity contribution is 6.54. The molecule has 2 aromatic rings. The van der Waals surface area contributed by atoms with E-state index >= 15 is 0 Å². The number of anilines is 1. The molecule has 0 atom stereocenters. The third-order valence-electron chi connectivity index (χ3n) is 4.89. The summed E-state index contributed by atoms with van der Waals surface area (Å²) >= 11 is 0. The van der Waals surface area contributed by atoms with Crippen LogP contribution in [0, 0.1) is 6.92 Å². The number of benzene rings is 2. The van der Waals surface area contributed by atoms with Crippen molar-refractivity contribution in [2.75, 3.05) is 24.5 Å². The van der Waals surface area contributed by atoms with Crippen LogP contribution in [0.4, 0.5) is 5.69 Å². The van der Waals surface area contributed by atoms with E-state index < -0.39 is 11.9 Å². The molecule has 0 unspecified atom stereocenters. The van der Waals surface area contributed by atoms with Crippen molar-refractivity contribution in [1.82, 2.24) is 4.90 Å². The Morgan fingerprint density at radius 3 is 2.38 bits per heavy atom. The van der Waals surface area contributed by atoms with Gasteiger partial charge in [-0.1, -0.05) is 41.6 Å². The fraction of sp³-hybridized carbons (Fsp3) is 0.273. The third-order valence-corrected chi connectivity index (χ3v) is 4.89. The molecule has 0 radical (unpaired) electrons. The summed E-state index contributed by atoms with van der Waals surface area (Å²) < 4.78 is 0. The lowest BCUT2D eigenvalue weighted by atomic mass is 10.1. The van der Waals surface area contributed by atoms with Gasteiger partial charge >= 0.3 is 5.97 Å². The van der Waals surface area contributed by atoms with Gasteiger partial charge in [0.2, 0.25) is 5.91 Å². The molecular formula is C22H23N3O4. The van der Waals surface area contributed by atoms with Crippen molar-refractivity contribution >= 4 is 29.2 Å². The predicted molar refractivity (Wildman–Crippen MR) is 110 cm³/mol. The molecule has 1 aliphatic heterocycles. The van der Waals surface area contributed by atoms with Gasteiger partial charge in [0.1, 0.15) is 6.54 Å². The van der Waals surface area contributed by atoms with Crippen molar-refractivity contribution in [3.05, 3.63) is 65.2 Å². The van der Waals surface area contributed by atoms with Gasteiger partial charge in [0.05, 0.1) is 11.3 Å². The van der Waals surface area contributed by atoms with Crippen LogP contribution in [-0.4, -0.2) is 48.0 Å². The highest BCUT2D eigenvalue weighted by atomic mass is 16.7. The van der Waals surface area contributed by atoms with E-state index in [0.717, 1.165) is 5.56 Å². The fourth-order valence-corrected chi connectivity index (χ4v) is 3.26. The van der Waals surface area contributed by atoms with E-state index in [1.807, 2.05) is 19.9 Å². The minimum Gasteiger partial charge on any atom is -0.342 e. The number of fused-ring (bicyclic) bond motifs is 1. The SMILES string of the molecule is CCN(CC)C(=O)CN1C(=O)/C(=N\OC(=O)c2ccccc2C)c2ccccc21. The van der Waals surface area contributed by atoms with Gasteiger partial charge in [-0.05, 0) is 38.5 Å². The molecule has 1 aliphatic rings. The Morgan fingerprint density at radius 1 is 1.03 bits per heavy atom. The van der Waals surface area contributed by atoms with Gasteiger partial charge < -0.3 is 9.74 Å². The van der Waals surface area contributed by atoms with Crippen LogP contribution in [0.3, 0.4) is 0 Å². The molecule has 29 heavy (non-hydrogen) atoms. The molecule has 0 spiro atoms. The average molecular weight is 393 g/mol. The number of rotatable bonds is 6. The Bertz CT molecular complexity index is 980. The first kappa shape index (κ1) is 20.3. The molecule has 0 aromatic heterocycles. The Morgan fingerprint density at radius 2 is 1.69 bits per heavy atom. The smallest absolute Gasteiger partial charge is 0.342 e. The molecule has 2 aromatic carbocycles. The largest absolute Gasteiger partial charge is 0.366 e. The minimum atomic E-state index is -0.640. The summed E-state index contributed by atoms with van der Waals surface area (Å²) in [4.78, 5) is 45.9. The molecule has 150 valence electrons. The second kappa shape index (κ2) is 8.68. The highest BCUT2D eigenvalue weighted by Crippen LogP contribution is 2.29. The first-order chi connectivity index (χ1) is 14.0. The Labute approximate surface area is 169 Å². The van der Waals surface area contributed by atoms with Gasteiger partial charge in [0, 0.05) is 18.7 Å². The number of carbonyl (C=O) groups is 3. The first-order valence-electron chi connectivity index (χ1n) is 9.51. The zero-order valence-corrected chi connectivity index (χ0v) is 16.7. The van der Waals surface area contributed by atoms with Gasteiger partial charge in [0.25, 0.3) is 5.91 Å². The number of aryl methyl sites for hydroxylation is 1. The average Bonchev–Trinajstić information content (AvgIpc) is 2.99. The second-order valence-electron chi connectivity index (χ2n) is 6.61. The van der Waals surface area contributed by atoms with Crippen LogP contribution in [0.5, 0.6) is 0 Å². The van der Waals surface area contributed by atoms with Crippen LogP contribution in [0.25, 0.3) is 0 Å². The Balaban J connectivity index is 1.86. The lowest BCUT2D eigenvalue weighted by molar-refractivity contribution is -0.130. The summed E-state index contributed by atoms with van der Waals surface area (Å²) in [7, 11) is 0. The third kappa shape index (κ3) is 4.03. The normalized spacial score (nSPS) is 14.1. The van der Waals surface area contributed by atoms with Gasteiger partial charge in [-0.15, -0.1) is 0 Å².